The van der Waals surface area contributed by atoms with Crippen LogP contribution in [0.3, 0.4) is 0 Å². The zero-order chi connectivity index (χ0) is 9.59. The molecule has 0 radical (unpaired) electrons. The van der Waals surface area contributed by atoms with Crippen molar-refractivity contribution in [2.75, 3.05) is 5.73 Å². The van der Waals surface area contributed by atoms with Crippen molar-refractivity contribution in [1.29, 1.82) is 0 Å². The summed E-state index contributed by atoms with van der Waals surface area (Å²) in [6.07, 6.45) is 0. The predicted molar refractivity (Wildman–Crippen MR) is 52.8 cm³/mol. The quantitative estimate of drug-likeness (QED) is 0.770. The summed E-state index contributed by atoms with van der Waals surface area (Å²) in [5.41, 5.74) is 6.31. The van der Waals surface area contributed by atoms with E-state index in [4.69, 9.17) is 5.73 Å². The highest BCUT2D eigenvalue weighted by atomic mass is 79.9. The Morgan fingerprint density at radius 3 is 2.92 bits per heavy atom. The number of nitrogens with zero attached hydrogens (tertiary/aromatic N) is 2. The second kappa shape index (κ2) is 2.70. The van der Waals surface area contributed by atoms with Crippen LogP contribution in [0.15, 0.2) is 16.6 Å². The van der Waals surface area contributed by atoms with Crippen molar-refractivity contribution in [3.63, 3.8) is 0 Å². The van der Waals surface area contributed by atoms with Gasteiger partial charge in [0.1, 0.15) is 5.82 Å². The molecule has 5 heteroatoms. The van der Waals surface area contributed by atoms with Gasteiger partial charge < -0.3 is 5.73 Å². The lowest BCUT2D eigenvalue weighted by molar-refractivity contribution is 0.621. The molecule has 0 aliphatic heterocycles. The van der Waals surface area contributed by atoms with Crippen molar-refractivity contribution < 1.29 is 4.39 Å². The van der Waals surface area contributed by atoms with E-state index in [1.807, 2.05) is 0 Å². The second-order valence-electron chi connectivity index (χ2n) is 2.79. The third-order valence-corrected chi connectivity index (χ3v) is 2.53. The fourth-order valence-electron chi connectivity index (χ4n) is 1.28. The van der Waals surface area contributed by atoms with Crippen LogP contribution in [0.4, 0.5) is 10.2 Å². The molecule has 0 fully saturated rings. The number of anilines is 1. The van der Waals surface area contributed by atoms with Crippen molar-refractivity contribution in [2.45, 2.75) is 0 Å². The van der Waals surface area contributed by atoms with Gasteiger partial charge in [0.05, 0.1) is 9.99 Å². The van der Waals surface area contributed by atoms with Crippen LogP contribution < -0.4 is 5.73 Å². The Labute approximate surface area is 82.5 Å². The Morgan fingerprint density at radius 2 is 2.23 bits per heavy atom. The smallest absolute Gasteiger partial charge is 0.153 e. The number of hydrogen-bond donors (Lipinski definition) is 1. The molecular formula is C8H7BrFN3. The van der Waals surface area contributed by atoms with Crippen molar-refractivity contribution in [2.24, 2.45) is 7.05 Å². The molecule has 1 heterocycles. The van der Waals surface area contributed by atoms with Crippen molar-refractivity contribution in [3.05, 3.63) is 22.4 Å². The summed E-state index contributed by atoms with van der Waals surface area (Å²) in [6, 6.07) is 3.04. The molecule has 0 bridgehead atoms. The molecule has 2 aromatic rings. The Hall–Kier alpha value is -1.10. The van der Waals surface area contributed by atoms with E-state index in [1.165, 1.54) is 6.07 Å². The zero-order valence-electron chi connectivity index (χ0n) is 6.88. The Morgan fingerprint density at radius 1 is 1.54 bits per heavy atom. The van der Waals surface area contributed by atoms with Gasteiger partial charge in [0.15, 0.2) is 5.82 Å². The molecule has 0 spiro atoms. The maximum absolute atomic E-state index is 13.1. The summed E-state index contributed by atoms with van der Waals surface area (Å²) in [5.74, 6) is 0.105. The molecule has 0 aliphatic carbocycles. The van der Waals surface area contributed by atoms with Gasteiger partial charge in [-0.3, -0.25) is 4.68 Å². The largest absolute Gasteiger partial charge is 0.382 e. The van der Waals surface area contributed by atoms with E-state index in [0.717, 1.165) is 5.39 Å². The highest BCUT2D eigenvalue weighted by Gasteiger charge is 2.09. The lowest BCUT2D eigenvalue weighted by Gasteiger charge is -1.96. The molecule has 2 N–H and O–H groups in total. The summed E-state index contributed by atoms with van der Waals surface area (Å²) >= 11 is 3.09. The van der Waals surface area contributed by atoms with Crippen LogP contribution in [0.25, 0.3) is 10.9 Å². The van der Waals surface area contributed by atoms with Crippen LogP contribution in [0.1, 0.15) is 0 Å². The van der Waals surface area contributed by atoms with Gasteiger partial charge in [0.25, 0.3) is 0 Å². The first kappa shape index (κ1) is 8.50. The van der Waals surface area contributed by atoms with Crippen LogP contribution in [0.5, 0.6) is 0 Å². The van der Waals surface area contributed by atoms with Gasteiger partial charge in [-0.2, -0.15) is 5.10 Å². The van der Waals surface area contributed by atoms with E-state index in [-0.39, 0.29) is 5.82 Å². The number of benzene rings is 1. The van der Waals surface area contributed by atoms with Gasteiger partial charge in [-0.25, -0.2) is 4.39 Å². The lowest BCUT2D eigenvalue weighted by Crippen LogP contribution is -1.91. The molecule has 0 saturated carbocycles. The van der Waals surface area contributed by atoms with Crippen molar-refractivity contribution in [3.8, 4) is 0 Å². The molecular weight excluding hydrogens is 237 g/mol. The van der Waals surface area contributed by atoms with Crippen LogP contribution in [-0.4, -0.2) is 9.78 Å². The van der Waals surface area contributed by atoms with Gasteiger partial charge in [-0.05, 0) is 22.0 Å². The van der Waals surface area contributed by atoms with Crippen LogP contribution >= 0.6 is 15.9 Å². The van der Waals surface area contributed by atoms with Gasteiger partial charge in [-0.1, -0.05) is 0 Å². The van der Waals surface area contributed by atoms with Gasteiger partial charge in [0.2, 0.25) is 0 Å². The Kier molecular flexibility index (Phi) is 1.76. The van der Waals surface area contributed by atoms with E-state index in [2.05, 4.69) is 21.0 Å². The first-order valence-corrected chi connectivity index (χ1v) is 4.46. The number of halogens is 2. The van der Waals surface area contributed by atoms with Crippen LogP contribution in [-0.2, 0) is 7.05 Å². The van der Waals surface area contributed by atoms with E-state index >= 15 is 0 Å². The molecule has 0 unspecified atom stereocenters. The third kappa shape index (κ3) is 1.19. The molecule has 0 atom stereocenters. The van der Waals surface area contributed by atoms with E-state index in [1.54, 1.807) is 17.8 Å². The standard InChI is InChI=1S/C8H7BrFN3/c1-13-7-3-6(10)5(9)2-4(7)8(11)12-13/h2-3H,1H3,(H2,11,12). The predicted octanol–water partition coefficient (Wildman–Crippen LogP) is 2.06. The molecule has 1 aromatic carbocycles. The minimum Gasteiger partial charge on any atom is -0.382 e. The molecule has 2 rings (SSSR count). The average molecular weight is 244 g/mol. The fraction of sp³-hybridized carbons (Fsp3) is 0.125. The average Bonchev–Trinajstić information content (AvgIpc) is 2.31. The van der Waals surface area contributed by atoms with E-state index in [0.29, 0.717) is 15.8 Å². The van der Waals surface area contributed by atoms with E-state index in [9.17, 15) is 4.39 Å². The van der Waals surface area contributed by atoms with Gasteiger partial charge in [0, 0.05) is 18.5 Å². The summed E-state index contributed by atoms with van der Waals surface area (Å²) in [5, 5.41) is 4.74. The molecule has 3 nitrogen and oxygen atoms in total. The molecule has 0 amide bonds. The molecule has 68 valence electrons. The topological polar surface area (TPSA) is 43.8 Å². The molecule has 0 saturated heterocycles. The summed E-state index contributed by atoms with van der Waals surface area (Å²) < 4.78 is 15.1. The molecule has 1 aromatic heterocycles. The maximum atomic E-state index is 13.1. The van der Waals surface area contributed by atoms with Crippen LogP contribution in [0, 0.1) is 5.82 Å². The number of nitrogens with two attached hydrogens (primary N) is 1. The summed E-state index contributed by atoms with van der Waals surface area (Å²) in [7, 11) is 1.73. The first-order valence-electron chi connectivity index (χ1n) is 3.67. The minimum absolute atomic E-state index is 0.310. The zero-order valence-corrected chi connectivity index (χ0v) is 8.47. The van der Waals surface area contributed by atoms with Crippen molar-refractivity contribution >= 4 is 32.7 Å². The number of hydrogen-bond acceptors (Lipinski definition) is 2. The number of aryl methyl sites for hydroxylation is 1. The Balaban J connectivity index is 2.91. The van der Waals surface area contributed by atoms with E-state index < -0.39 is 0 Å². The normalized spacial score (nSPS) is 11.0. The second-order valence-corrected chi connectivity index (χ2v) is 3.65. The highest BCUT2D eigenvalue weighted by molar-refractivity contribution is 9.10. The van der Waals surface area contributed by atoms with Crippen molar-refractivity contribution in [1.82, 2.24) is 9.78 Å². The highest BCUT2D eigenvalue weighted by Crippen LogP contribution is 2.26. The minimum atomic E-state index is -0.310. The molecule has 0 aliphatic rings. The third-order valence-electron chi connectivity index (χ3n) is 1.92. The maximum Gasteiger partial charge on any atom is 0.153 e. The van der Waals surface area contributed by atoms with Gasteiger partial charge >= 0.3 is 0 Å². The molecule has 13 heavy (non-hydrogen) atoms. The summed E-state index contributed by atoms with van der Waals surface area (Å²) in [4.78, 5) is 0. The SMILES string of the molecule is Cn1nc(N)c2cc(Br)c(F)cc21. The lowest BCUT2D eigenvalue weighted by atomic mass is 10.2. The Bertz CT molecular complexity index is 436. The summed E-state index contributed by atoms with van der Waals surface area (Å²) in [6.45, 7) is 0. The first-order chi connectivity index (χ1) is 6.09. The van der Waals surface area contributed by atoms with Gasteiger partial charge in [-0.15, -0.1) is 0 Å². The fourth-order valence-corrected chi connectivity index (χ4v) is 1.62. The number of nitrogen functional groups attached to an aromatic ring is 1. The number of fused-ring (bicyclic) bond motifs is 1. The van der Waals surface area contributed by atoms with Crippen LogP contribution in [0.2, 0.25) is 0 Å². The number of aromatic nitrogens is 2. The number of rotatable bonds is 0. The monoisotopic (exact) mass is 243 g/mol.